The molecule has 0 rings (SSSR count). The zero-order valence-electron chi connectivity index (χ0n) is 13.2. The molecule has 0 N–H and O–H groups in total. The third-order valence-corrected chi connectivity index (χ3v) is 4.09. The van der Waals surface area contributed by atoms with Crippen LogP contribution in [-0.4, -0.2) is 0 Å². The molecule has 0 aliphatic heterocycles. The normalized spacial score (nSPS) is 12.8. The Morgan fingerprint density at radius 3 is 1.44 bits per heavy atom. The molecule has 0 saturated carbocycles. The molecule has 0 aromatic heterocycles. The second-order valence-corrected chi connectivity index (χ2v) is 5.91. The van der Waals surface area contributed by atoms with E-state index >= 15 is 0 Å². The first-order chi connectivity index (χ1) is 8.85. The smallest absolute Gasteiger partial charge is 0.0414 e. The van der Waals surface area contributed by atoms with Crippen LogP contribution in [0.15, 0.2) is 0 Å². The summed E-state index contributed by atoms with van der Waals surface area (Å²) in [4.78, 5) is 0. The first kappa shape index (κ1) is 18.0. The Labute approximate surface area is 117 Å². The Balaban J connectivity index is 3.27. The molecule has 0 heterocycles. The van der Waals surface area contributed by atoms with Gasteiger partial charge in [-0.25, -0.2) is 0 Å². The second-order valence-electron chi connectivity index (χ2n) is 5.91. The van der Waals surface area contributed by atoms with Crippen molar-refractivity contribution in [3.63, 3.8) is 0 Å². The van der Waals surface area contributed by atoms with Gasteiger partial charge in [-0.05, 0) is 5.92 Å². The molecule has 0 bridgehead atoms. The molecule has 0 aromatic carbocycles. The molecule has 18 heavy (non-hydrogen) atoms. The minimum absolute atomic E-state index is 0.914. The van der Waals surface area contributed by atoms with Crippen molar-refractivity contribution in [2.75, 3.05) is 0 Å². The van der Waals surface area contributed by atoms with Crippen molar-refractivity contribution in [3.05, 3.63) is 6.92 Å². The van der Waals surface area contributed by atoms with Gasteiger partial charge in [-0.2, -0.15) is 0 Å². The molecule has 0 aromatic rings. The second kappa shape index (κ2) is 15.1. The molecule has 0 nitrogen and oxygen atoms in total. The van der Waals surface area contributed by atoms with Crippen molar-refractivity contribution in [3.8, 4) is 0 Å². The quantitative estimate of drug-likeness (QED) is 0.294. The lowest BCUT2D eigenvalue weighted by molar-refractivity contribution is 0.406. The average molecular weight is 253 g/mol. The van der Waals surface area contributed by atoms with Gasteiger partial charge in [-0.3, -0.25) is 0 Å². The van der Waals surface area contributed by atoms with E-state index in [2.05, 4.69) is 20.8 Å². The van der Waals surface area contributed by atoms with E-state index < -0.39 is 0 Å². The van der Waals surface area contributed by atoms with Gasteiger partial charge in [0.15, 0.2) is 0 Å². The monoisotopic (exact) mass is 253 g/mol. The van der Waals surface area contributed by atoms with Gasteiger partial charge in [0.2, 0.25) is 0 Å². The molecule has 0 fully saturated rings. The first-order valence-electron chi connectivity index (χ1n) is 8.64. The van der Waals surface area contributed by atoms with Crippen molar-refractivity contribution in [2.45, 2.75) is 104 Å². The average Bonchev–Trinajstić information content (AvgIpc) is 2.40. The zero-order chi connectivity index (χ0) is 13.5. The highest BCUT2D eigenvalue weighted by Crippen LogP contribution is 2.21. The summed E-state index contributed by atoms with van der Waals surface area (Å²) < 4.78 is 0. The van der Waals surface area contributed by atoms with Crippen LogP contribution in [0.3, 0.4) is 0 Å². The summed E-state index contributed by atoms with van der Waals surface area (Å²) in [6, 6.07) is 0. The van der Waals surface area contributed by atoms with Gasteiger partial charge in [0.1, 0.15) is 0 Å². The summed E-state index contributed by atoms with van der Waals surface area (Å²) in [5, 5.41) is 0. The van der Waals surface area contributed by atoms with Crippen LogP contribution >= 0.6 is 0 Å². The molecule has 0 heteroatoms. The molecule has 0 aliphatic rings. The zero-order valence-corrected chi connectivity index (χ0v) is 13.2. The van der Waals surface area contributed by atoms with Gasteiger partial charge in [0.25, 0.3) is 0 Å². The Morgan fingerprint density at radius 2 is 1.00 bits per heavy atom. The lowest BCUT2D eigenvalue weighted by atomic mass is 9.92. The lowest BCUT2D eigenvalue weighted by Crippen LogP contribution is -1.99. The highest BCUT2D eigenvalue weighted by Gasteiger charge is 2.05. The summed E-state index contributed by atoms with van der Waals surface area (Å²) in [5.74, 6) is 0.914. The number of hydrogen-bond acceptors (Lipinski definition) is 0. The van der Waals surface area contributed by atoms with Crippen LogP contribution in [0.2, 0.25) is 0 Å². The topological polar surface area (TPSA) is 0 Å². The largest absolute Gasteiger partial charge is 0.0654 e. The van der Waals surface area contributed by atoms with Crippen molar-refractivity contribution < 1.29 is 0 Å². The summed E-state index contributed by atoms with van der Waals surface area (Å²) in [6.45, 7) is 8.70. The van der Waals surface area contributed by atoms with Crippen LogP contribution in [-0.2, 0) is 0 Å². The Kier molecular flexibility index (Phi) is 15.1. The van der Waals surface area contributed by atoms with Gasteiger partial charge in [0.05, 0.1) is 0 Å². The minimum Gasteiger partial charge on any atom is -0.0654 e. The van der Waals surface area contributed by atoms with E-state index in [-0.39, 0.29) is 0 Å². The van der Waals surface area contributed by atoms with E-state index in [9.17, 15) is 0 Å². The van der Waals surface area contributed by atoms with Crippen molar-refractivity contribution in [1.82, 2.24) is 0 Å². The van der Waals surface area contributed by atoms with Crippen LogP contribution < -0.4 is 0 Å². The summed E-state index contributed by atoms with van der Waals surface area (Å²) in [7, 11) is 0. The fourth-order valence-corrected chi connectivity index (χ4v) is 2.68. The third-order valence-electron chi connectivity index (χ3n) is 4.09. The molecule has 0 amide bonds. The maximum absolute atomic E-state index is 4.12. The maximum atomic E-state index is 4.12. The van der Waals surface area contributed by atoms with Crippen LogP contribution in [0.1, 0.15) is 104 Å². The van der Waals surface area contributed by atoms with Crippen molar-refractivity contribution in [2.24, 2.45) is 5.92 Å². The van der Waals surface area contributed by atoms with E-state index in [0.29, 0.717) is 0 Å². The van der Waals surface area contributed by atoms with E-state index in [4.69, 9.17) is 0 Å². The molecule has 0 saturated heterocycles. The van der Waals surface area contributed by atoms with Gasteiger partial charge >= 0.3 is 0 Å². The lowest BCUT2D eigenvalue weighted by Gasteiger charge is -2.14. The predicted octanol–water partition coefficient (Wildman–Crippen LogP) is 6.94. The molecule has 1 radical (unpaired) electrons. The number of hydrogen-bond donors (Lipinski definition) is 0. The fraction of sp³-hybridized carbons (Fsp3) is 0.944. The third kappa shape index (κ3) is 12.5. The first-order valence-corrected chi connectivity index (χ1v) is 8.64. The van der Waals surface area contributed by atoms with Crippen LogP contribution in [0.25, 0.3) is 0 Å². The van der Waals surface area contributed by atoms with Gasteiger partial charge in [-0.1, -0.05) is 111 Å². The molecule has 0 aliphatic carbocycles. The molecular formula is C18H37. The highest BCUT2D eigenvalue weighted by molar-refractivity contribution is 4.62. The fourth-order valence-electron chi connectivity index (χ4n) is 2.68. The molecule has 1 unspecified atom stereocenters. The molecular weight excluding hydrogens is 216 g/mol. The summed E-state index contributed by atoms with van der Waals surface area (Å²) in [6.07, 6.45) is 19.7. The Bertz CT molecular complexity index is 139. The van der Waals surface area contributed by atoms with Crippen molar-refractivity contribution >= 4 is 0 Å². The Hall–Kier alpha value is 0. The van der Waals surface area contributed by atoms with Crippen LogP contribution in [0, 0.1) is 12.8 Å². The maximum Gasteiger partial charge on any atom is -0.0414 e. The highest BCUT2D eigenvalue weighted by atomic mass is 14.1. The van der Waals surface area contributed by atoms with Gasteiger partial charge in [0, 0.05) is 0 Å². The summed E-state index contributed by atoms with van der Waals surface area (Å²) >= 11 is 0. The van der Waals surface area contributed by atoms with Gasteiger partial charge in [-0.15, -0.1) is 0 Å². The Morgan fingerprint density at radius 1 is 0.611 bits per heavy atom. The van der Waals surface area contributed by atoms with Crippen LogP contribution in [0.4, 0.5) is 0 Å². The SMILES string of the molecule is [CH2]CC(CCCCCC)CCCCCCCCC. The number of unbranched alkanes of at least 4 members (excludes halogenated alkanes) is 9. The molecule has 109 valence electrons. The van der Waals surface area contributed by atoms with E-state index in [0.717, 1.165) is 12.3 Å². The number of rotatable bonds is 14. The minimum atomic E-state index is 0.914. The van der Waals surface area contributed by atoms with E-state index in [1.54, 1.807) is 0 Å². The van der Waals surface area contributed by atoms with Crippen molar-refractivity contribution in [1.29, 1.82) is 0 Å². The van der Waals surface area contributed by atoms with E-state index in [1.165, 1.54) is 83.5 Å². The summed E-state index contributed by atoms with van der Waals surface area (Å²) in [5.41, 5.74) is 0. The molecule has 1 atom stereocenters. The molecule has 0 spiro atoms. The van der Waals surface area contributed by atoms with Gasteiger partial charge < -0.3 is 0 Å². The standard InChI is InChI=1S/C18H37/c1-4-7-9-11-12-13-15-17-18(6-3)16-14-10-8-5-2/h18H,3-17H2,1-2H3. The van der Waals surface area contributed by atoms with Crippen LogP contribution in [0.5, 0.6) is 0 Å². The predicted molar refractivity (Wildman–Crippen MR) is 84.8 cm³/mol. The van der Waals surface area contributed by atoms with E-state index in [1.807, 2.05) is 0 Å².